The Hall–Kier alpha value is -1.59. The zero-order valence-electron chi connectivity index (χ0n) is 11.8. The van der Waals surface area contributed by atoms with Crippen molar-refractivity contribution >= 4 is 6.03 Å². The van der Waals surface area contributed by atoms with Gasteiger partial charge in [-0.2, -0.15) is 0 Å². The molecule has 0 radical (unpaired) electrons. The summed E-state index contributed by atoms with van der Waals surface area (Å²) in [7, 11) is 1.67. The molecule has 2 rings (SSSR count). The number of ether oxygens (including phenoxy) is 1. The van der Waals surface area contributed by atoms with Crippen molar-refractivity contribution in [3.8, 4) is 0 Å². The summed E-state index contributed by atoms with van der Waals surface area (Å²) >= 11 is 0. The van der Waals surface area contributed by atoms with Gasteiger partial charge in [0.05, 0.1) is 19.3 Å². The van der Waals surface area contributed by atoms with Crippen LogP contribution in [0.4, 0.5) is 4.79 Å². The molecule has 1 fully saturated rings. The largest absolute Gasteiger partial charge is 0.394 e. The van der Waals surface area contributed by atoms with E-state index in [4.69, 9.17) is 4.74 Å². The van der Waals surface area contributed by atoms with Crippen LogP contribution in [-0.4, -0.2) is 42.3 Å². The Bertz CT molecular complexity index is 433. The zero-order chi connectivity index (χ0) is 14.4. The Morgan fingerprint density at radius 1 is 1.40 bits per heavy atom. The highest BCUT2D eigenvalue weighted by atomic mass is 16.5. The van der Waals surface area contributed by atoms with Crippen LogP contribution in [0.25, 0.3) is 0 Å². The summed E-state index contributed by atoms with van der Waals surface area (Å²) in [6, 6.07) is 7.85. The number of methoxy groups -OCH3 is 1. The smallest absolute Gasteiger partial charge is 0.317 e. The molecule has 20 heavy (non-hydrogen) atoms. The van der Waals surface area contributed by atoms with E-state index in [0.29, 0.717) is 13.2 Å². The summed E-state index contributed by atoms with van der Waals surface area (Å²) in [5.74, 6) is 0. The van der Waals surface area contributed by atoms with Gasteiger partial charge in [0, 0.05) is 20.2 Å². The summed E-state index contributed by atoms with van der Waals surface area (Å²) < 4.78 is 5.06. The molecule has 110 valence electrons. The van der Waals surface area contributed by atoms with Crippen LogP contribution in [0.3, 0.4) is 0 Å². The van der Waals surface area contributed by atoms with E-state index in [1.165, 1.54) is 0 Å². The average Bonchev–Trinajstić information content (AvgIpc) is 2.95. The summed E-state index contributed by atoms with van der Waals surface area (Å²) in [5.41, 5.74) is 2.17. The molecule has 0 spiro atoms. The van der Waals surface area contributed by atoms with Crippen molar-refractivity contribution < 1.29 is 14.6 Å². The van der Waals surface area contributed by atoms with Gasteiger partial charge in [-0.25, -0.2) is 4.79 Å². The summed E-state index contributed by atoms with van der Waals surface area (Å²) in [6.07, 6.45) is 1.85. The molecule has 1 saturated heterocycles. The van der Waals surface area contributed by atoms with E-state index in [1.54, 1.807) is 12.0 Å². The van der Waals surface area contributed by atoms with Crippen LogP contribution in [0.2, 0.25) is 0 Å². The Morgan fingerprint density at radius 2 is 2.10 bits per heavy atom. The number of carbonyl (C=O) groups is 1. The van der Waals surface area contributed by atoms with E-state index in [9.17, 15) is 9.90 Å². The highest BCUT2D eigenvalue weighted by Crippen LogP contribution is 2.16. The summed E-state index contributed by atoms with van der Waals surface area (Å²) in [5, 5.41) is 12.1. The predicted molar refractivity (Wildman–Crippen MR) is 76.2 cm³/mol. The minimum atomic E-state index is -0.0949. The molecular weight excluding hydrogens is 256 g/mol. The standard InChI is InChI=1S/C15H22N2O3/c1-20-11-13-6-4-12(5-7-13)9-16-15(19)17-8-2-3-14(17)10-18/h4-7,14,18H,2-3,8-11H2,1H3,(H,16,19)/t14-/m0/s1. The van der Waals surface area contributed by atoms with E-state index in [0.717, 1.165) is 30.5 Å². The first kappa shape index (κ1) is 14.8. The third kappa shape index (κ3) is 3.71. The Morgan fingerprint density at radius 3 is 2.75 bits per heavy atom. The van der Waals surface area contributed by atoms with Crippen LogP contribution in [0.5, 0.6) is 0 Å². The lowest BCUT2D eigenvalue weighted by Crippen LogP contribution is -2.43. The molecule has 1 heterocycles. The molecule has 1 aliphatic rings. The number of hydrogen-bond acceptors (Lipinski definition) is 3. The SMILES string of the molecule is COCc1ccc(CNC(=O)N2CCC[C@H]2CO)cc1. The summed E-state index contributed by atoms with van der Waals surface area (Å²) in [6.45, 7) is 1.86. The first-order valence-corrected chi connectivity index (χ1v) is 6.96. The number of rotatable bonds is 5. The molecule has 0 saturated carbocycles. The highest BCUT2D eigenvalue weighted by molar-refractivity contribution is 5.74. The lowest BCUT2D eigenvalue weighted by Gasteiger charge is -2.23. The fourth-order valence-electron chi connectivity index (χ4n) is 2.49. The molecule has 0 aliphatic carbocycles. The van der Waals surface area contributed by atoms with Crippen molar-refractivity contribution in [2.24, 2.45) is 0 Å². The highest BCUT2D eigenvalue weighted by Gasteiger charge is 2.27. The lowest BCUT2D eigenvalue weighted by molar-refractivity contribution is 0.157. The van der Waals surface area contributed by atoms with Crippen LogP contribution in [0.1, 0.15) is 24.0 Å². The maximum absolute atomic E-state index is 12.0. The van der Waals surface area contributed by atoms with Crippen molar-refractivity contribution in [1.82, 2.24) is 10.2 Å². The second-order valence-corrected chi connectivity index (χ2v) is 5.08. The van der Waals surface area contributed by atoms with Gasteiger partial charge in [-0.15, -0.1) is 0 Å². The van der Waals surface area contributed by atoms with Crippen LogP contribution in [0, 0.1) is 0 Å². The van der Waals surface area contributed by atoms with Crippen LogP contribution >= 0.6 is 0 Å². The Kier molecular flexibility index (Phi) is 5.38. The quantitative estimate of drug-likeness (QED) is 0.858. The first-order chi connectivity index (χ1) is 9.74. The fraction of sp³-hybridized carbons (Fsp3) is 0.533. The molecular formula is C15H22N2O3. The van der Waals surface area contributed by atoms with E-state index in [1.807, 2.05) is 24.3 Å². The molecule has 1 aliphatic heterocycles. The number of urea groups is 1. The number of nitrogens with one attached hydrogen (secondary N) is 1. The van der Waals surface area contributed by atoms with Crippen molar-refractivity contribution in [3.63, 3.8) is 0 Å². The number of nitrogens with zero attached hydrogens (tertiary/aromatic N) is 1. The maximum Gasteiger partial charge on any atom is 0.317 e. The minimum Gasteiger partial charge on any atom is -0.394 e. The average molecular weight is 278 g/mol. The van der Waals surface area contributed by atoms with E-state index < -0.39 is 0 Å². The van der Waals surface area contributed by atoms with Crippen molar-refractivity contribution in [2.45, 2.75) is 32.0 Å². The normalized spacial score (nSPS) is 18.3. The topological polar surface area (TPSA) is 61.8 Å². The van der Waals surface area contributed by atoms with Gasteiger partial charge in [0.2, 0.25) is 0 Å². The molecule has 5 heteroatoms. The van der Waals surface area contributed by atoms with E-state index in [-0.39, 0.29) is 18.7 Å². The number of hydrogen-bond donors (Lipinski definition) is 2. The molecule has 1 atom stereocenters. The second-order valence-electron chi connectivity index (χ2n) is 5.08. The van der Waals surface area contributed by atoms with E-state index in [2.05, 4.69) is 5.32 Å². The maximum atomic E-state index is 12.0. The molecule has 0 bridgehead atoms. The van der Waals surface area contributed by atoms with Gasteiger partial charge in [0.25, 0.3) is 0 Å². The third-order valence-corrected chi connectivity index (χ3v) is 3.63. The Labute approximate surface area is 119 Å². The monoisotopic (exact) mass is 278 g/mol. The van der Waals surface area contributed by atoms with Crippen LogP contribution < -0.4 is 5.32 Å². The number of aliphatic hydroxyl groups is 1. The number of carbonyl (C=O) groups excluding carboxylic acids is 1. The summed E-state index contributed by atoms with van der Waals surface area (Å²) in [4.78, 5) is 13.8. The molecule has 0 aromatic heterocycles. The third-order valence-electron chi connectivity index (χ3n) is 3.63. The number of aliphatic hydroxyl groups excluding tert-OH is 1. The molecule has 2 amide bonds. The van der Waals surface area contributed by atoms with Gasteiger partial charge in [-0.3, -0.25) is 0 Å². The second kappa shape index (κ2) is 7.26. The van der Waals surface area contributed by atoms with Crippen molar-refractivity contribution in [2.75, 3.05) is 20.3 Å². The molecule has 1 aromatic carbocycles. The van der Waals surface area contributed by atoms with Crippen LogP contribution in [-0.2, 0) is 17.9 Å². The fourth-order valence-corrected chi connectivity index (χ4v) is 2.49. The first-order valence-electron chi connectivity index (χ1n) is 6.96. The van der Waals surface area contributed by atoms with E-state index >= 15 is 0 Å². The van der Waals surface area contributed by atoms with Crippen molar-refractivity contribution in [3.05, 3.63) is 35.4 Å². The minimum absolute atomic E-state index is 0.0286. The molecule has 0 unspecified atom stereocenters. The molecule has 2 N–H and O–H groups in total. The van der Waals surface area contributed by atoms with Gasteiger partial charge >= 0.3 is 6.03 Å². The lowest BCUT2D eigenvalue weighted by atomic mass is 10.1. The zero-order valence-corrected chi connectivity index (χ0v) is 11.8. The molecule has 5 nitrogen and oxygen atoms in total. The Balaban J connectivity index is 1.83. The van der Waals surface area contributed by atoms with Gasteiger partial charge in [0.15, 0.2) is 0 Å². The number of amides is 2. The van der Waals surface area contributed by atoms with Crippen molar-refractivity contribution in [1.29, 1.82) is 0 Å². The number of benzene rings is 1. The van der Waals surface area contributed by atoms with Gasteiger partial charge in [0.1, 0.15) is 0 Å². The van der Waals surface area contributed by atoms with Gasteiger partial charge in [-0.05, 0) is 24.0 Å². The van der Waals surface area contributed by atoms with Crippen LogP contribution in [0.15, 0.2) is 24.3 Å². The van der Waals surface area contributed by atoms with Gasteiger partial charge in [-0.1, -0.05) is 24.3 Å². The predicted octanol–water partition coefficient (Wildman–Crippen LogP) is 1.50. The van der Waals surface area contributed by atoms with Gasteiger partial charge < -0.3 is 20.1 Å². The number of likely N-dealkylation sites (tertiary alicyclic amines) is 1. The molecule has 1 aromatic rings.